The highest BCUT2D eigenvalue weighted by Gasteiger charge is 2.25. The van der Waals surface area contributed by atoms with E-state index in [-0.39, 0.29) is 11.0 Å². The summed E-state index contributed by atoms with van der Waals surface area (Å²) in [6.07, 6.45) is 0.532. The molecule has 1 aromatic carbocycles. The van der Waals surface area contributed by atoms with Crippen LogP contribution in [0.25, 0.3) is 0 Å². The number of hydrogen-bond acceptors (Lipinski definition) is 3. The highest BCUT2D eigenvalue weighted by Crippen LogP contribution is 2.26. The Morgan fingerprint density at radius 2 is 1.59 bits per heavy atom. The van der Waals surface area contributed by atoms with Gasteiger partial charge in [-0.05, 0) is 62.8 Å². The third-order valence-electron chi connectivity index (χ3n) is 3.43. The number of ether oxygens (including phenoxy) is 1. The lowest BCUT2D eigenvalue weighted by Gasteiger charge is -2.34. The van der Waals surface area contributed by atoms with Gasteiger partial charge in [0.15, 0.2) is 0 Å². The van der Waals surface area contributed by atoms with Crippen LogP contribution in [-0.2, 0) is 0 Å². The van der Waals surface area contributed by atoms with Crippen LogP contribution in [-0.4, -0.2) is 29.9 Å². The monoisotopic (exact) mass is 307 g/mol. The van der Waals surface area contributed by atoms with Crippen LogP contribution < -0.4 is 10.1 Å². The van der Waals surface area contributed by atoms with E-state index in [9.17, 15) is 5.11 Å². The van der Waals surface area contributed by atoms with E-state index in [4.69, 9.17) is 4.74 Å². The van der Waals surface area contributed by atoms with Gasteiger partial charge in [-0.2, -0.15) is 0 Å². The van der Waals surface area contributed by atoms with E-state index in [0.717, 1.165) is 12.2 Å². The van der Waals surface area contributed by atoms with Gasteiger partial charge in [-0.25, -0.2) is 0 Å². The molecular weight excluding hydrogens is 274 g/mol. The van der Waals surface area contributed by atoms with Gasteiger partial charge in [0.2, 0.25) is 0 Å². The summed E-state index contributed by atoms with van der Waals surface area (Å²) < 4.78 is 5.71. The Labute approximate surface area is 136 Å². The Kier molecular flexibility index (Phi) is 6.45. The summed E-state index contributed by atoms with van der Waals surface area (Å²) in [4.78, 5) is 0. The second-order valence-corrected chi connectivity index (χ2v) is 8.29. The third kappa shape index (κ3) is 7.81. The van der Waals surface area contributed by atoms with Crippen molar-refractivity contribution < 1.29 is 9.84 Å². The molecule has 0 aliphatic rings. The van der Waals surface area contributed by atoms with E-state index in [2.05, 4.69) is 46.0 Å². The summed E-state index contributed by atoms with van der Waals surface area (Å²) in [6.45, 7) is 16.0. The van der Waals surface area contributed by atoms with Gasteiger partial charge in [-0.3, -0.25) is 0 Å². The predicted octanol–water partition coefficient (Wildman–Crippen LogP) is 3.85. The number of rotatable bonds is 7. The molecule has 1 rings (SSSR count). The summed E-state index contributed by atoms with van der Waals surface area (Å²) in [7, 11) is 0. The Bertz CT molecular complexity index is 455. The van der Waals surface area contributed by atoms with Crippen LogP contribution in [0.15, 0.2) is 18.2 Å². The second-order valence-electron chi connectivity index (χ2n) is 8.29. The summed E-state index contributed by atoms with van der Waals surface area (Å²) in [5, 5.41) is 13.6. The van der Waals surface area contributed by atoms with Gasteiger partial charge in [-0.1, -0.05) is 26.8 Å². The standard InChI is InChI=1S/C19H33NO2/c1-14-8-15(2)10-17(9-14)22-12-16(21)11-20-19(6,7)13-18(3,4)5/h8-10,16,20-21H,11-13H2,1-7H3. The first-order valence-corrected chi connectivity index (χ1v) is 8.11. The van der Waals surface area contributed by atoms with Gasteiger partial charge < -0.3 is 15.2 Å². The molecule has 0 aliphatic carbocycles. The molecule has 126 valence electrons. The maximum Gasteiger partial charge on any atom is 0.119 e. The number of hydrogen-bond donors (Lipinski definition) is 2. The van der Waals surface area contributed by atoms with Crippen LogP contribution in [0.1, 0.15) is 52.2 Å². The first-order valence-electron chi connectivity index (χ1n) is 8.11. The number of aliphatic hydroxyl groups excluding tert-OH is 1. The molecular formula is C19H33NO2. The lowest BCUT2D eigenvalue weighted by atomic mass is 9.82. The second kappa shape index (κ2) is 7.47. The molecule has 1 aromatic rings. The van der Waals surface area contributed by atoms with Crippen molar-refractivity contribution in [1.29, 1.82) is 0 Å². The number of aliphatic hydroxyl groups is 1. The fourth-order valence-electron chi connectivity index (χ4n) is 3.05. The normalized spacial score (nSPS) is 14.0. The lowest BCUT2D eigenvalue weighted by molar-refractivity contribution is 0.0943. The summed E-state index contributed by atoms with van der Waals surface area (Å²) >= 11 is 0. The van der Waals surface area contributed by atoms with Crippen LogP contribution in [0, 0.1) is 19.3 Å². The Morgan fingerprint density at radius 3 is 2.09 bits per heavy atom. The van der Waals surface area contributed by atoms with Gasteiger partial charge in [0.1, 0.15) is 18.5 Å². The highest BCUT2D eigenvalue weighted by molar-refractivity contribution is 5.32. The zero-order valence-corrected chi connectivity index (χ0v) is 15.3. The summed E-state index contributed by atoms with van der Waals surface area (Å²) in [5.41, 5.74) is 2.61. The molecule has 0 bridgehead atoms. The smallest absolute Gasteiger partial charge is 0.119 e. The van der Waals surface area contributed by atoms with Crippen LogP contribution in [0.4, 0.5) is 0 Å². The molecule has 1 atom stereocenters. The Balaban J connectivity index is 2.41. The van der Waals surface area contributed by atoms with E-state index in [1.165, 1.54) is 11.1 Å². The first-order chi connectivity index (χ1) is 9.97. The van der Waals surface area contributed by atoms with Crippen molar-refractivity contribution in [3.63, 3.8) is 0 Å². The van der Waals surface area contributed by atoms with Gasteiger partial charge in [0.05, 0.1) is 0 Å². The van der Waals surface area contributed by atoms with Crippen molar-refractivity contribution in [2.75, 3.05) is 13.2 Å². The van der Waals surface area contributed by atoms with Crippen molar-refractivity contribution in [3.8, 4) is 5.75 Å². The lowest BCUT2D eigenvalue weighted by Crippen LogP contribution is -2.46. The first kappa shape index (κ1) is 19.0. The molecule has 0 amide bonds. The largest absolute Gasteiger partial charge is 0.491 e. The van der Waals surface area contributed by atoms with Gasteiger partial charge in [0.25, 0.3) is 0 Å². The van der Waals surface area contributed by atoms with E-state index < -0.39 is 6.10 Å². The summed E-state index contributed by atoms with van der Waals surface area (Å²) in [5.74, 6) is 0.825. The molecule has 3 heteroatoms. The molecule has 1 unspecified atom stereocenters. The zero-order valence-electron chi connectivity index (χ0n) is 15.3. The SMILES string of the molecule is Cc1cc(C)cc(OCC(O)CNC(C)(C)CC(C)(C)C)c1. The molecule has 0 saturated carbocycles. The van der Waals surface area contributed by atoms with E-state index in [1.807, 2.05) is 26.0 Å². The quantitative estimate of drug-likeness (QED) is 0.804. The van der Waals surface area contributed by atoms with Crippen LogP contribution in [0.5, 0.6) is 5.75 Å². The summed E-state index contributed by atoms with van der Waals surface area (Å²) in [6, 6.07) is 6.10. The van der Waals surface area contributed by atoms with E-state index in [0.29, 0.717) is 13.2 Å². The van der Waals surface area contributed by atoms with Gasteiger partial charge in [0, 0.05) is 12.1 Å². The predicted molar refractivity (Wildman–Crippen MR) is 93.6 cm³/mol. The number of nitrogens with one attached hydrogen (secondary N) is 1. The molecule has 0 fully saturated rings. The van der Waals surface area contributed by atoms with E-state index in [1.54, 1.807) is 0 Å². The minimum atomic E-state index is -0.514. The van der Waals surface area contributed by atoms with Gasteiger partial charge >= 0.3 is 0 Å². The molecule has 0 heterocycles. The van der Waals surface area contributed by atoms with E-state index >= 15 is 0 Å². The molecule has 22 heavy (non-hydrogen) atoms. The van der Waals surface area contributed by atoms with Crippen molar-refractivity contribution in [2.24, 2.45) is 5.41 Å². The molecule has 0 spiro atoms. The fraction of sp³-hybridized carbons (Fsp3) is 0.684. The topological polar surface area (TPSA) is 41.5 Å². The van der Waals surface area contributed by atoms with Gasteiger partial charge in [-0.15, -0.1) is 0 Å². The average molecular weight is 307 g/mol. The maximum absolute atomic E-state index is 10.1. The van der Waals surface area contributed by atoms with Crippen molar-refractivity contribution in [3.05, 3.63) is 29.3 Å². The molecule has 0 aliphatic heterocycles. The van der Waals surface area contributed by atoms with Crippen molar-refractivity contribution in [1.82, 2.24) is 5.32 Å². The van der Waals surface area contributed by atoms with Crippen LogP contribution >= 0.6 is 0 Å². The number of β-amino-alcohol motifs (C(OH)–C–C–N with tert-alkyl or cyclic N) is 1. The molecule has 0 aromatic heterocycles. The van der Waals surface area contributed by atoms with Crippen LogP contribution in [0.2, 0.25) is 0 Å². The molecule has 0 saturated heterocycles. The molecule has 2 N–H and O–H groups in total. The van der Waals surface area contributed by atoms with Crippen molar-refractivity contribution >= 4 is 0 Å². The minimum Gasteiger partial charge on any atom is -0.491 e. The molecule has 0 radical (unpaired) electrons. The van der Waals surface area contributed by atoms with Crippen LogP contribution in [0.3, 0.4) is 0 Å². The third-order valence-corrected chi connectivity index (χ3v) is 3.43. The Hall–Kier alpha value is -1.06. The fourth-order valence-corrected chi connectivity index (χ4v) is 3.05. The minimum absolute atomic E-state index is 0.000840. The number of aryl methyl sites for hydroxylation is 2. The zero-order chi connectivity index (χ0) is 17.0. The Morgan fingerprint density at radius 1 is 1.05 bits per heavy atom. The highest BCUT2D eigenvalue weighted by atomic mass is 16.5. The molecule has 3 nitrogen and oxygen atoms in total. The van der Waals surface area contributed by atoms with Crippen molar-refractivity contribution in [2.45, 2.75) is 66.5 Å². The number of benzene rings is 1. The maximum atomic E-state index is 10.1. The average Bonchev–Trinajstić information content (AvgIpc) is 2.30.